The monoisotopic (exact) mass is 252 g/mol. The molecule has 2 aliphatic heterocycles. The van der Waals surface area contributed by atoms with Crippen molar-refractivity contribution in [3.8, 4) is 11.5 Å². The molecule has 96 valence electrons. The van der Waals surface area contributed by atoms with Gasteiger partial charge in [0.1, 0.15) is 5.69 Å². The molecule has 7 heteroatoms. The zero-order chi connectivity index (χ0) is 12.5. The van der Waals surface area contributed by atoms with Crippen molar-refractivity contribution in [1.29, 1.82) is 0 Å². The zero-order valence-corrected chi connectivity index (χ0v) is 9.55. The van der Waals surface area contributed by atoms with Crippen LogP contribution in [0.5, 0.6) is 11.5 Å². The molecule has 1 atom stereocenters. The number of benzene rings is 1. The molecule has 0 amide bonds. The predicted molar refractivity (Wildman–Crippen MR) is 62.1 cm³/mol. The number of hydrogen-bond donors (Lipinski definition) is 1. The van der Waals surface area contributed by atoms with Crippen LogP contribution >= 0.6 is 0 Å². The Balaban J connectivity index is 1.92. The van der Waals surface area contributed by atoms with E-state index in [0.29, 0.717) is 30.4 Å². The van der Waals surface area contributed by atoms with Crippen molar-refractivity contribution in [3.05, 3.63) is 22.2 Å². The minimum absolute atomic E-state index is 0.00819. The average molecular weight is 252 g/mol. The molecule has 7 nitrogen and oxygen atoms in total. The van der Waals surface area contributed by atoms with Gasteiger partial charge in [-0.25, -0.2) is 0 Å². The molecule has 0 saturated carbocycles. The molecule has 0 bridgehead atoms. The summed E-state index contributed by atoms with van der Waals surface area (Å²) in [5.41, 5.74) is 0.436. The summed E-state index contributed by atoms with van der Waals surface area (Å²) in [6.45, 7) is 1.34. The van der Waals surface area contributed by atoms with Crippen LogP contribution in [-0.2, 0) is 4.74 Å². The fraction of sp³-hybridized carbons (Fsp3) is 0.455. The highest BCUT2D eigenvalue weighted by atomic mass is 16.7. The quantitative estimate of drug-likeness (QED) is 0.648. The molecule has 2 heterocycles. The Morgan fingerprint density at radius 2 is 2.11 bits per heavy atom. The molecule has 3 rings (SSSR count). The van der Waals surface area contributed by atoms with Gasteiger partial charge in [-0.15, -0.1) is 0 Å². The van der Waals surface area contributed by atoms with Crippen molar-refractivity contribution >= 4 is 11.4 Å². The lowest BCUT2D eigenvalue weighted by Gasteiger charge is -2.12. The van der Waals surface area contributed by atoms with E-state index in [0.717, 1.165) is 6.42 Å². The van der Waals surface area contributed by atoms with Gasteiger partial charge in [-0.3, -0.25) is 10.1 Å². The van der Waals surface area contributed by atoms with E-state index in [-0.39, 0.29) is 18.5 Å². The molecular formula is C11H12N2O5. The molecule has 1 aromatic rings. The van der Waals surface area contributed by atoms with Crippen LogP contribution in [0.2, 0.25) is 0 Å². The van der Waals surface area contributed by atoms with E-state index in [1.165, 1.54) is 6.07 Å². The van der Waals surface area contributed by atoms with Crippen LogP contribution < -0.4 is 14.8 Å². The van der Waals surface area contributed by atoms with Gasteiger partial charge >= 0.3 is 0 Å². The van der Waals surface area contributed by atoms with E-state index < -0.39 is 4.92 Å². The Morgan fingerprint density at radius 1 is 1.33 bits per heavy atom. The van der Waals surface area contributed by atoms with E-state index in [4.69, 9.17) is 14.2 Å². The van der Waals surface area contributed by atoms with Crippen LogP contribution in [0, 0.1) is 10.1 Å². The Hall–Kier alpha value is -2.02. The van der Waals surface area contributed by atoms with Gasteiger partial charge in [0.05, 0.1) is 23.6 Å². The number of anilines is 1. The second-order valence-corrected chi connectivity index (χ2v) is 4.18. The van der Waals surface area contributed by atoms with Gasteiger partial charge in [0.2, 0.25) is 6.79 Å². The number of nitrogens with zero attached hydrogens (tertiary/aromatic N) is 1. The van der Waals surface area contributed by atoms with Crippen molar-refractivity contribution < 1.29 is 19.1 Å². The maximum Gasteiger partial charge on any atom is 0.296 e. The number of nitro benzene ring substituents is 1. The number of fused-ring (bicyclic) bond motifs is 1. The highest BCUT2D eigenvalue weighted by molar-refractivity contribution is 5.69. The highest BCUT2D eigenvalue weighted by Gasteiger charge is 2.25. The van der Waals surface area contributed by atoms with E-state index >= 15 is 0 Å². The van der Waals surface area contributed by atoms with E-state index in [1.54, 1.807) is 6.07 Å². The molecule has 0 aromatic heterocycles. The second-order valence-electron chi connectivity index (χ2n) is 4.18. The fourth-order valence-corrected chi connectivity index (χ4v) is 2.07. The lowest BCUT2D eigenvalue weighted by molar-refractivity contribution is -0.384. The number of hydrogen-bond acceptors (Lipinski definition) is 6. The Labute approximate surface area is 103 Å². The van der Waals surface area contributed by atoms with E-state index in [9.17, 15) is 10.1 Å². The van der Waals surface area contributed by atoms with Crippen LogP contribution in [0.25, 0.3) is 0 Å². The lowest BCUT2D eigenvalue weighted by atomic mass is 10.2. The third-order valence-electron chi connectivity index (χ3n) is 2.98. The molecule has 2 aliphatic rings. The standard InChI is InChI=1S/C11H12N2O5/c14-13(15)9-4-11-10(17-6-18-11)3-8(9)12-7-1-2-16-5-7/h3-4,7,12H,1-2,5-6H2. The summed E-state index contributed by atoms with van der Waals surface area (Å²) in [5, 5.41) is 14.2. The van der Waals surface area contributed by atoms with Crippen LogP contribution in [0.3, 0.4) is 0 Å². The fourth-order valence-electron chi connectivity index (χ4n) is 2.07. The largest absolute Gasteiger partial charge is 0.454 e. The van der Waals surface area contributed by atoms with Crippen LogP contribution in [0.15, 0.2) is 12.1 Å². The second kappa shape index (κ2) is 4.34. The van der Waals surface area contributed by atoms with Crippen LogP contribution in [0.1, 0.15) is 6.42 Å². The Kier molecular flexibility index (Phi) is 2.67. The minimum atomic E-state index is -0.430. The summed E-state index contributed by atoms with van der Waals surface area (Å²) < 4.78 is 15.6. The number of ether oxygens (including phenoxy) is 3. The molecule has 1 unspecified atom stereocenters. The highest BCUT2D eigenvalue weighted by Crippen LogP contribution is 2.40. The predicted octanol–water partition coefficient (Wildman–Crippen LogP) is 1.52. The first-order valence-electron chi connectivity index (χ1n) is 5.66. The molecule has 0 aliphatic carbocycles. The summed E-state index contributed by atoms with van der Waals surface area (Å²) in [6.07, 6.45) is 0.839. The van der Waals surface area contributed by atoms with Crippen molar-refractivity contribution in [2.24, 2.45) is 0 Å². The smallest absolute Gasteiger partial charge is 0.296 e. The molecule has 18 heavy (non-hydrogen) atoms. The number of nitro groups is 1. The third kappa shape index (κ3) is 1.92. The maximum atomic E-state index is 11.0. The Bertz CT molecular complexity index is 485. The van der Waals surface area contributed by atoms with Gasteiger partial charge in [0, 0.05) is 12.7 Å². The van der Waals surface area contributed by atoms with Crippen molar-refractivity contribution in [2.75, 3.05) is 25.3 Å². The first-order chi connectivity index (χ1) is 8.74. The van der Waals surface area contributed by atoms with Crippen LogP contribution in [-0.4, -0.2) is 31.0 Å². The molecule has 1 N–H and O–H groups in total. The summed E-state index contributed by atoms with van der Waals surface area (Å²) in [7, 11) is 0. The first kappa shape index (κ1) is 11.1. The van der Waals surface area contributed by atoms with Gasteiger partial charge in [-0.05, 0) is 6.42 Å². The molecular weight excluding hydrogens is 240 g/mol. The van der Waals surface area contributed by atoms with E-state index in [1.807, 2.05) is 0 Å². The normalized spacial score (nSPS) is 21.0. The molecule has 0 radical (unpaired) electrons. The minimum Gasteiger partial charge on any atom is -0.454 e. The number of rotatable bonds is 3. The third-order valence-corrected chi connectivity index (χ3v) is 2.98. The maximum absolute atomic E-state index is 11.0. The van der Waals surface area contributed by atoms with E-state index in [2.05, 4.69) is 5.32 Å². The zero-order valence-electron chi connectivity index (χ0n) is 9.55. The topological polar surface area (TPSA) is 82.9 Å². The first-order valence-corrected chi connectivity index (χ1v) is 5.66. The SMILES string of the molecule is O=[N+]([O-])c1cc2c(cc1NC1CCOC1)OCO2. The van der Waals surface area contributed by atoms with Gasteiger partial charge in [-0.1, -0.05) is 0 Å². The Morgan fingerprint density at radius 3 is 2.78 bits per heavy atom. The van der Waals surface area contributed by atoms with Crippen LogP contribution in [0.4, 0.5) is 11.4 Å². The molecule has 1 saturated heterocycles. The van der Waals surface area contributed by atoms with Gasteiger partial charge < -0.3 is 19.5 Å². The van der Waals surface area contributed by atoms with Crippen molar-refractivity contribution in [3.63, 3.8) is 0 Å². The van der Waals surface area contributed by atoms with Crippen molar-refractivity contribution in [2.45, 2.75) is 12.5 Å². The summed E-state index contributed by atoms with van der Waals surface area (Å²) >= 11 is 0. The summed E-state index contributed by atoms with van der Waals surface area (Å²) in [6, 6.07) is 3.10. The summed E-state index contributed by atoms with van der Waals surface area (Å²) in [4.78, 5) is 10.6. The summed E-state index contributed by atoms with van der Waals surface area (Å²) in [5.74, 6) is 0.942. The molecule has 1 fully saturated rings. The number of nitrogens with one attached hydrogen (secondary N) is 1. The van der Waals surface area contributed by atoms with Gasteiger partial charge in [-0.2, -0.15) is 0 Å². The lowest BCUT2D eigenvalue weighted by Crippen LogP contribution is -2.19. The van der Waals surface area contributed by atoms with Gasteiger partial charge in [0.15, 0.2) is 11.5 Å². The molecule has 0 spiro atoms. The van der Waals surface area contributed by atoms with Gasteiger partial charge in [0.25, 0.3) is 5.69 Å². The average Bonchev–Trinajstić information content (AvgIpc) is 2.97. The molecule has 1 aromatic carbocycles. The van der Waals surface area contributed by atoms with Crippen molar-refractivity contribution in [1.82, 2.24) is 0 Å².